The van der Waals surface area contributed by atoms with Crippen molar-refractivity contribution in [2.75, 3.05) is 0 Å². The van der Waals surface area contributed by atoms with E-state index in [0.717, 1.165) is 12.7 Å². The van der Waals surface area contributed by atoms with Crippen molar-refractivity contribution in [3.05, 3.63) is 0 Å². The Kier molecular flexibility index (Phi) is 2.85. The maximum Gasteiger partial charge on any atom is 0.163 e. The van der Waals surface area contributed by atoms with Crippen molar-refractivity contribution < 1.29 is 14.3 Å². The number of aldehydes is 1. The van der Waals surface area contributed by atoms with Crippen LogP contribution in [0.1, 0.15) is 33.6 Å². The SMILES string of the molecule is C[C@@H]1OC(C)(C)O[C@@H]1CCC=O. The number of carbonyl (C=O) groups excluding carboxylic acids is 1. The summed E-state index contributed by atoms with van der Waals surface area (Å²) >= 11 is 0. The molecule has 3 nitrogen and oxygen atoms in total. The second-order valence-corrected chi connectivity index (χ2v) is 3.62. The standard InChI is InChI=1S/C9H16O3/c1-7-8(5-4-6-10)12-9(2,3)11-7/h6-8H,4-5H2,1-3H3/t7-,8+/m0/s1. The molecule has 0 N–H and O–H groups in total. The highest BCUT2D eigenvalue weighted by Crippen LogP contribution is 2.29. The summed E-state index contributed by atoms with van der Waals surface area (Å²) in [5, 5.41) is 0. The van der Waals surface area contributed by atoms with E-state index in [-0.39, 0.29) is 12.2 Å². The molecule has 1 aliphatic rings. The fourth-order valence-electron chi connectivity index (χ4n) is 1.54. The number of carbonyl (C=O) groups is 1. The molecular formula is C9H16O3. The maximum absolute atomic E-state index is 10.1. The highest BCUT2D eigenvalue weighted by Gasteiger charge is 2.37. The molecule has 1 rings (SSSR count). The molecule has 0 aliphatic carbocycles. The lowest BCUT2D eigenvalue weighted by Crippen LogP contribution is -2.21. The predicted octanol–water partition coefficient (Wildman–Crippen LogP) is 1.51. The van der Waals surface area contributed by atoms with E-state index in [2.05, 4.69) is 0 Å². The third-order valence-electron chi connectivity index (χ3n) is 2.00. The van der Waals surface area contributed by atoms with Crippen LogP contribution >= 0.6 is 0 Å². The van der Waals surface area contributed by atoms with Gasteiger partial charge in [-0.25, -0.2) is 0 Å². The van der Waals surface area contributed by atoms with Gasteiger partial charge in [0.25, 0.3) is 0 Å². The molecule has 0 unspecified atom stereocenters. The van der Waals surface area contributed by atoms with Crippen molar-refractivity contribution >= 4 is 6.29 Å². The Morgan fingerprint density at radius 1 is 1.42 bits per heavy atom. The molecule has 0 aromatic heterocycles. The first-order valence-electron chi connectivity index (χ1n) is 4.34. The van der Waals surface area contributed by atoms with Crippen LogP contribution in [-0.4, -0.2) is 24.3 Å². The Balaban J connectivity index is 2.41. The smallest absolute Gasteiger partial charge is 0.163 e. The Bertz CT molecular complexity index is 165. The van der Waals surface area contributed by atoms with E-state index >= 15 is 0 Å². The van der Waals surface area contributed by atoms with E-state index < -0.39 is 5.79 Å². The van der Waals surface area contributed by atoms with E-state index in [1.54, 1.807) is 0 Å². The summed E-state index contributed by atoms with van der Waals surface area (Å²) in [6.07, 6.45) is 2.40. The molecule has 1 fully saturated rings. The van der Waals surface area contributed by atoms with Crippen LogP contribution in [-0.2, 0) is 14.3 Å². The average Bonchev–Trinajstić information content (AvgIpc) is 2.20. The summed E-state index contributed by atoms with van der Waals surface area (Å²) in [4.78, 5) is 10.1. The normalized spacial score (nSPS) is 33.6. The minimum absolute atomic E-state index is 0.0743. The lowest BCUT2D eigenvalue weighted by Gasteiger charge is -2.16. The summed E-state index contributed by atoms with van der Waals surface area (Å²) in [6.45, 7) is 5.76. The number of hydrogen-bond donors (Lipinski definition) is 0. The molecule has 2 atom stereocenters. The Morgan fingerprint density at radius 2 is 2.08 bits per heavy atom. The van der Waals surface area contributed by atoms with Crippen LogP contribution in [0.25, 0.3) is 0 Å². The van der Waals surface area contributed by atoms with E-state index in [1.807, 2.05) is 20.8 Å². The zero-order valence-corrected chi connectivity index (χ0v) is 7.87. The van der Waals surface area contributed by atoms with Crippen molar-refractivity contribution in [3.63, 3.8) is 0 Å². The fraction of sp³-hybridized carbons (Fsp3) is 0.889. The minimum atomic E-state index is -0.479. The molecule has 0 saturated carbocycles. The van der Waals surface area contributed by atoms with Crippen LogP contribution in [0.3, 0.4) is 0 Å². The van der Waals surface area contributed by atoms with E-state index in [1.165, 1.54) is 0 Å². The third kappa shape index (κ3) is 2.29. The lowest BCUT2D eigenvalue weighted by atomic mass is 10.1. The van der Waals surface area contributed by atoms with Crippen molar-refractivity contribution in [2.45, 2.75) is 51.6 Å². The zero-order chi connectivity index (χ0) is 9.19. The second kappa shape index (κ2) is 3.54. The van der Waals surface area contributed by atoms with Gasteiger partial charge in [0.05, 0.1) is 12.2 Å². The number of rotatable bonds is 3. The van der Waals surface area contributed by atoms with Gasteiger partial charge in [0, 0.05) is 6.42 Å². The lowest BCUT2D eigenvalue weighted by molar-refractivity contribution is -0.145. The van der Waals surface area contributed by atoms with Gasteiger partial charge in [-0.15, -0.1) is 0 Å². The van der Waals surface area contributed by atoms with Gasteiger partial charge in [0.2, 0.25) is 0 Å². The quantitative estimate of drug-likeness (QED) is 0.605. The third-order valence-corrected chi connectivity index (χ3v) is 2.00. The first-order chi connectivity index (χ1) is 5.55. The van der Waals surface area contributed by atoms with Crippen LogP contribution in [0.4, 0.5) is 0 Å². The van der Waals surface area contributed by atoms with Gasteiger partial charge in [-0.3, -0.25) is 0 Å². The summed E-state index contributed by atoms with van der Waals surface area (Å²) in [5.41, 5.74) is 0. The molecular weight excluding hydrogens is 156 g/mol. The topological polar surface area (TPSA) is 35.5 Å². The van der Waals surface area contributed by atoms with Crippen LogP contribution < -0.4 is 0 Å². The van der Waals surface area contributed by atoms with Crippen LogP contribution in [0.15, 0.2) is 0 Å². The molecule has 3 heteroatoms. The first kappa shape index (κ1) is 9.68. The van der Waals surface area contributed by atoms with Crippen molar-refractivity contribution in [1.82, 2.24) is 0 Å². The molecule has 0 spiro atoms. The molecule has 0 amide bonds. The Labute approximate surface area is 73.0 Å². The zero-order valence-electron chi connectivity index (χ0n) is 7.87. The molecule has 1 saturated heterocycles. The average molecular weight is 172 g/mol. The molecule has 1 heterocycles. The summed E-state index contributed by atoms with van der Waals surface area (Å²) in [6, 6.07) is 0. The molecule has 12 heavy (non-hydrogen) atoms. The maximum atomic E-state index is 10.1. The van der Waals surface area contributed by atoms with Crippen LogP contribution in [0.5, 0.6) is 0 Å². The van der Waals surface area contributed by atoms with E-state index in [9.17, 15) is 4.79 Å². The number of ether oxygens (including phenoxy) is 2. The van der Waals surface area contributed by atoms with Gasteiger partial charge < -0.3 is 14.3 Å². The number of hydrogen-bond acceptors (Lipinski definition) is 3. The monoisotopic (exact) mass is 172 g/mol. The molecule has 70 valence electrons. The van der Waals surface area contributed by atoms with Crippen LogP contribution in [0.2, 0.25) is 0 Å². The molecule has 1 aliphatic heterocycles. The summed E-state index contributed by atoms with van der Waals surface area (Å²) < 4.78 is 11.1. The van der Waals surface area contributed by atoms with E-state index in [0.29, 0.717) is 6.42 Å². The first-order valence-corrected chi connectivity index (χ1v) is 4.34. The highest BCUT2D eigenvalue weighted by molar-refractivity contribution is 5.49. The van der Waals surface area contributed by atoms with Gasteiger partial charge in [-0.1, -0.05) is 0 Å². The fourth-order valence-corrected chi connectivity index (χ4v) is 1.54. The molecule has 0 radical (unpaired) electrons. The van der Waals surface area contributed by atoms with Gasteiger partial charge in [-0.05, 0) is 27.2 Å². The van der Waals surface area contributed by atoms with Gasteiger partial charge in [0.1, 0.15) is 6.29 Å². The van der Waals surface area contributed by atoms with Crippen LogP contribution in [0, 0.1) is 0 Å². The highest BCUT2D eigenvalue weighted by atomic mass is 16.7. The predicted molar refractivity (Wildman–Crippen MR) is 44.8 cm³/mol. The summed E-state index contributed by atoms with van der Waals surface area (Å²) in [7, 11) is 0. The van der Waals surface area contributed by atoms with Gasteiger partial charge in [-0.2, -0.15) is 0 Å². The van der Waals surface area contributed by atoms with E-state index in [4.69, 9.17) is 9.47 Å². The molecule has 0 aromatic carbocycles. The molecule has 0 aromatic rings. The largest absolute Gasteiger partial charge is 0.345 e. The Hall–Kier alpha value is -0.410. The Morgan fingerprint density at radius 3 is 2.50 bits per heavy atom. The van der Waals surface area contributed by atoms with Gasteiger partial charge >= 0.3 is 0 Å². The molecule has 0 bridgehead atoms. The van der Waals surface area contributed by atoms with Crippen molar-refractivity contribution in [1.29, 1.82) is 0 Å². The van der Waals surface area contributed by atoms with Crippen molar-refractivity contribution in [2.24, 2.45) is 0 Å². The summed E-state index contributed by atoms with van der Waals surface area (Å²) in [5.74, 6) is -0.479. The minimum Gasteiger partial charge on any atom is -0.345 e. The van der Waals surface area contributed by atoms with Crippen molar-refractivity contribution in [3.8, 4) is 0 Å². The second-order valence-electron chi connectivity index (χ2n) is 3.62. The van der Waals surface area contributed by atoms with Gasteiger partial charge in [0.15, 0.2) is 5.79 Å².